The van der Waals surface area contributed by atoms with Crippen LogP contribution in [-0.2, 0) is 0 Å². The Balaban J connectivity index is 1.89. The van der Waals surface area contributed by atoms with Crippen LogP contribution in [-0.4, -0.2) is 55.1 Å². The van der Waals surface area contributed by atoms with Gasteiger partial charge in [-0.3, -0.25) is 4.90 Å². The van der Waals surface area contributed by atoms with Crippen LogP contribution in [0.5, 0.6) is 0 Å². The molecule has 0 aromatic rings. The predicted octanol–water partition coefficient (Wildman–Crippen LogP) is 2.02. The maximum absolute atomic E-state index is 6.39. The summed E-state index contributed by atoms with van der Waals surface area (Å²) in [4.78, 5) is 5.12. The van der Waals surface area contributed by atoms with Crippen molar-refractivity contribution in [1.29, 1.82) is 0 Å². The van der Waals surface area contributed by atoms with Crippen LogP contribution in [0.2, 0.25) is 0 Å². The molecule has 1 aliphatic carbocycles. The molecule has 1 heterocycles. The zero-order chi connectivity index (χ0) is 14.0. The molecule has 1 aliphatic heterocycles. The quantitative estimate of drug-likeness (QED) is 0.849. The van der Waals surface area contributed by atoms with E-state index >= 15 is 0 Å². The van der Waals surface area contributed by atoms with Gasteiger partial charge in [-0.25, -0.2) is 0 Å². The van der Waals surface area contributed by atoms with Crippen LogP contribution in [0.1, 0.15) is 40.0 Å². The van der Waals surface area contributed by atoms with Gasteiger partial charge in [-0.05, 0) is 51.0 Å². The van der Waals surface area contributed by atoms with Gasteiger partial charge in [0.25, 0.3) is 0 Å². The van der Waals surface area contributed by atoms with Crippen LogP contribution in [0.15, 0.2) is 0 Å². The van der Waals surface area contributed by atoms with Gasteiger partial charge < -0.3 is 10.6 Å². The van der Waals surface area contributed by atoms with E-state index in [4.69, 9.17) is 5.73 Å². The van der Waals surface area contributed by atoms with E-state index in [1.165, 1.54) is 45.4 Å². The summed E-state index contributed by atoms with van der Waals surface area (Å²) in [7, 11) is 2.23. The Bertz CT molecular complexity index is 279. The zero-order valence-corrected chi connectivity index (χ0v) is 13.3. The molecule has 0 aromatic carbocycles. The van der Waals surface area contributed by atoms with Crippen LogP contribution in [0, 0.1) is 17.8 Å². The molecule has 2 N–H and O–H groups in total. The molecule has 4 unspecified atom stereocenters. The van der Waals surface area contributed by atoms with Crippen molar-refractivity contribution >= 4 is 0 Å². The van der Waals surface area contributed by atoms with Gasteiger partial charge in [0.15, 0.2) is 0 Å². The summed E-state index contributed by atoms with van der Waals surface area (Å²) in [6, 6.07) is 1.12. The third kappa shape index (κ3) is 3.93. The summed E-state index contributed by atoms with van der Waals surface area (Å²) in [6.07, 6.45) is 3.92. The monoisotopic (exact) mass is 267 g/mol. The van der Waals surface area contributed by atoms with Gasteiger partial charge in [-0.1, -0.05) is 13.8 Å². The van der Waals surface area contributed by atoms with E-state index in [0.29, 0.717) is 18.0 Å². The van der Waals surface area contributed by atoms with Crippen LogP contribution < -0.4 is 5.73 Å². The van der Waals surface area contributed by atoms with E-state index in [2.05, 4.69) is 37.6 Å². The minimum atomic E-state index is 0.432. The molecule has 2 aliphatic rings. The first-order valence-electron chi connectivity index (χ1n) is 8.15. The minimum absolute atomic E-state index is 0.432. The van der Waals surface area contributed by atoms with Crippen molar-refractivity contribution < 1.29 is 0 Å². The number of hydrogen-bond acceptors (Lipinski definition) is 3. The second kappa shape index (κ2) is 6.55. The summed E-state index contributed by atoms with van der Waals surface area (Å²) in [5.74, 6) is 2.43. The Morgan fingerprint density at radius 3 is 2.58 bits per heavy atom. The van der Waals surface area contributed by atoms with Crippen molar-refractivity contribution in [2.45, 2.75) is 52.1 Å². The highest BCUT2D eigenvalue weighted by molar-refractivity contribution is 4.88. The van der Waals surface area contributed by atoms with Gasteiger partial charge in [0.1, 0.15) is 0 Å². The molecule has 1 saturated carbocycles. The number of hydrogen-bond donors (Lipinski definition) is 1. The lowest BCUT2D eigenvalue weighted by Gasteiger charge is -2.43. The molecule has 0 radical (unpaired) electrons. The maximum Gasteiger partial charge on any atom is 0.0195 e. The molecule has 0 spiro atoms. The topological polar surface area (TPSA) is 32.5 Å². The molecular weight excluding hydrogens is 234 g/mol. The molecular formula is C16H33N3. The Labute approximate surface area is 119 Å². The molecule has 0 bridgehead atoms. The molecule has 3 nitrogen and oxygen atoms in total. The number of nitrogens with two attached hydrogens (primary N) is 1. The van der Waals surface area contributed by atoms with Crippen molar-refractivity contribution in [2.75, 3.05) is 33.2 Å². The summed E-state index contributed by atoms with van der Waals surface area (Å²) < 4.78 is 0. The van der Waals surface area contributed by atoms with Gasteiger partial charge in [-0.2, -0.15) is 0 Å². The highest BCUT2D eigenvalue weighted by Gasteiger charge is 2.32. The fraction of sp³-hybridized carbons (Fsp3) is 1.00. The van der Waals surface area contributed by atoms with Gasteiger partial charge in [-0.15, -0.1) is 0 Å². The molecule has 112 valence electrons. The van der Waals surface area contributed by atoms with Gasteiger partial charge in [0, 0.05) is 38.3 Å². The Morgan fingerprint density at radius 1 is 1.21 bits per heavy atom. The highest BCUT2D eigenvalue weighted by Crippen LogP contribution is 2.34. The Kier molecular flexibility index (Phi) is 5.27. The van der Waals surface area contributed by atoms with Crippen molar-refractivity contribution in [3.05, 3.63) is 0 Å². The summed E-state index contributed by atoms with van der Waals surface area (Å²) in [6.45, 7) is 12.0. The summed E-state index contributed by atoms with van der Waals surface area (Å²) in [5.41, 5.74) is 6.39. The van der Waals surface area contributed by atoms with E-state index in [9.17, 15) is 0 Å². The van der Waals surface area contributed by atoms with Crippen molar-refractivity contribution in [3.8, 4) is 0 Å². The second-order valence-electron chi connectivity index (χ2n) is 7.35. The third-order valence-electron chi connectivity index (χ3n) is 5.46. The van der Waals surface area contributed by atoms with Crippen LogP contribution in [0.4, 0.5) is 0 Å². The fourth-order valence-electron chi connectivity index (χ4n) is 3.89. The first kappa shape index (κ1) is 15.3. The van der Waals surface area contributed by atoms with Gasteiger partial charge >= 0.3 is 0 Å². The van der Waals surface area contributed by atoms with Crippen LogP contribution in [0.3, 0.4) is 0 Å². The van der Waals surface area contributed by atoms with Crippen LogP contribution >= 0.6 is 0 Å². The summed E-state index contributed by atoms with van der Waals surface area (Å²) >= 11 is 0. The van der Waals surface area contributed by atoms with Gasteiger partial charge in [0.2, 0.25) is 0 Å². The number of piperazine rings is 1. The Morgan fingerprint density at radius 2 is 1.95 bits per heavy atom. The standard InChI is InChI=1S/C16H33N3/c1-12(2)14-5-6-16(17)15(9-14)11-19-8-7-18(4)10-13(19)3/h12-16H,5-11,17H2,1-4H3. The largest absolute Gasteiger partial charge is 0.327 e. The third-order valence-corrected chi connectivity index (χ3v) is 5.46. The molecule has 3 heteroatoms. The average Bonchev–Trinajstić information content (AvgIpc) is 2.34. The van der Waals surface area contributed by atoms with Gasteiger partial charge in [0.05, 0.1) is 0 Å². The minimum Gasteiger partial charge on any atom is -0.327 e. The van der Waals surface area contributed by atoms with Crippen molar-refractivity contribution in [2.24, 2.45) is 23.5 Å². The number of rotatable bonds is 3. The average molecular weight is 267 g/mol. The van der Waals surface area contributed by atoms with Crippen LogP contribution in [0.25, 0.3) is 0 Å². The molecule has 0 amide bonds. The highest BCUT2D eigenvalue weighted by atomic mass is 15.3. The lowest BCUT2D eigenvalue weighted by atomic mass is 9.73. The Hall–Kier alpha value is -0.120. The molecule has 1 saturated heterocycles. The fourth-order valence-corrected chi connectivity index (χ4v) is 3.89. The molecule has 2 rings (SSSR count). The lowest BCUT2D eigenvalue weighted by Crippen LogP contribution is -2.54. The van der Waals surface area contributed by atoms with E-state index in [1.807, 2.05) is 0 Å². The lowest BCUT2D eigenvalue weighted by molar-refractivity contribution is 0.0622. The molecule has 0 aromatic heterocycles. The second-order valence-corrected chi connectivity index (χ2v) is 7.35. The number of nitrogens with zero attached hydrogens (tertiary/aromatic N) is 2. The maximum atomic E-state index is 6.39. The first-order chi connectivity index (χ1) is 8.97. The molecule has 19 heavy (non-hydrogen) atoms. The molecule has 2 fully saturated rings. The van der Waals surface area contributed by atoms with Crippen molar-refractivity contribution in [1.82, 2.24) is 9.80 Å². The normalized spacial score (nSPS) is 38.8. The smallest absolute Gasteiger partial charge is 0.0195 e. The van der Waals surface area contributed by atoms with E-state index in [-0.39, 0.29) is 0 Å². The van der Waals surface area contributed by atoms with E-state index < -0.39 is 0 Å². The predicted molar refractivity (Wildman–Crippen MR) is 82.2 cm³/mol. The molecule has 4 atom stereocenters. The first-order valence-corrected chi connectivity index (χ1v) is 8.15. The SMILES string of the molecule is CC(C)C1CCC(N)C(CN2CCN(C)CC2C)C1. The zero-order valence-electron chi connectivity index (χ0n) is 13.3. The summed E-state index contributed by atoms with van der Waals surface area (Å²) in [5, 5.41) is 0. The van der Waals surface area contributed by atoms with E-state index in [1.54, 1.807) is 0 Å². The number of likely N-dealkylation sites (N-methyl/N-ethyl adjacent to an activating group) is 1. The van der Waals surface area contributed by atoms with Crippen molar-refractivity contribution in [3.63, 3.8) is 0 Å². The van der Waals surface area contributed by atoms with E-state index in [0.717, 1.165) is 11.8 Å².